The lowest BCUT2D eigenvalue weighted by Gasteiger charge is -2.09. The van der Waals surface area contributed by atoms with Crippen LogP contribution in [0.15, 0.2) is 0 Å². The molecular weight excluding hydrogens is 159 g/mol. The number of hydrogen-bond acceptors (Lipinski definition) is 1. The summed E-state index contributed by atoms with van der Waals surface area (Å²) in [5.41, 5.74) is 0. The van der Waals surface area contributed by atoms with E-state index in [0.717, 1.165) is 5.32 Å². The molecule has 0 aromatic carbocycles. The molecule has 0 aliphatic carbocycles. The zero-order valence-electron chi connectivity index (χ0n) is 6.33. The minimum absolute atomic E-state index is 0.0580. The standard InChI is InChI=1S/C6H10F3NO/c1-4(2)3-5(11)10-6(7,8)9/h4H,3H2,1-2H3,(H,10,11). The van der Waals surface area contributed by atoms with Gasteiger partial charge in [0.1, 0.15) is 0 Å². The highest BCUT2D eigenvalue weighted by Crippen LogP contribution is 2.10. The van der Waals surface area contributed by atoms with Crippen LogP contribution in [0.4, 0.5) is 13.2 Å². The van der Waals surface area contributed by atoms with Crippen LogP contribution in [0, 0.1) is 5.92 Å². The maximum Gasteiger partial charge on any atom is 0.484 e. The molecular formula is C6H10F3NO. The van der Waals surface area contributed by atoms with E-state index in [0.29, 0.717) is 0 Å². The predicted octanol–water partition coefficient (Wildman–Crippen LogP) is 1.67. The van der Waals surface area contributed by atoms with E-state index in [-0.39, 0.29) is 12.3 Å². The quantitative estimate of drug-likeness (QED) is 0.626. The van der Waals surface area contributed by atoms with Crippen LogP contribution in [0.3, 0.4) is 0 Å². The van der Waals surface area contributed by atoms with E-state index in [1.54, 1.807) is 13.8 Å². The molecule has 0 unspecified atom stereocenters. The largest absolute Gasteiger partial charge is 0.484 e. The number of hydrogen-bond donors (Lipinski definition) is 1. The molecule has 0 heterocycles. The number of rotatable bonds is 2. The molecule has 66 valence electrons. The van der Waals surface area contributed by atoms with Crippen molar-refractivity contribution in [1.29, 1.82) is 0 Å². The maximum absolute atomic E-state index is 11.4. The minimum atomic E-state index is -4.59. The molecule has 0 spiro atoms. The third-order valence-corrected chi connectivity index (χ3v) is 0.875. The molecule has 5 heteroatoms. The fourth-order valence-corrected chi connectivity index (χ4v) is 0.580. The summed E-state index contributed by atoms with van der Waals surface area (Å²) in [6, 6.07) is 0. The number of carbonyl (C=O) groups excluding carboxylic acids is 1. The highest BCUT2D eigenvalue weighted by Gasteiger charge is 2.29. The third-order valence-electron chi connectivity index (χ3n) is 0.875. The molecule has 0 bridgehead atoms. The first-order valence-corrected chi connectivity index (χ1v) is 3.19. The maximum atomic E-state index is 11.4. The van der Waals surface area contributed by atoms with Gasteiger partial charge in [-0.1, -0.05) is 13.8 Å². The van der Waals surface area contributed by atoms with Crippen LogP contribution in [-0.4, -0.2) is 12.2 Å². The van der Waals surface area contributed by atoms with Gasteiger partial charge in [-0.05, 0) is 5.92 Å². The first-order chi connectivity index (χ1) is 4.81. The van der Waals surface area contributed by atoms with E-state index in [2.05, 4.69) is 0 Å². The summed E-state index contributed by atoms with van der Waals surface area (Å²) < 4.78 is 34.3. The van der Waals surface area contributed by atoms with Gasteiger partial charge >= 0.3 is 6.30 Å². The SMILES string of the molecule is CC(C)CC(=O)NC(F)(F)F. The van der Waals surface area contributed by atoms with E-state index < -0.39 is 12.2 Å². The van der Waals surface area contributed by atoms with Crippen LogP contribution in [-0.2, 0) is 4.79 Å². The summed E-state index contributed by atoms with van der Waals surface area (Å²) in [5, 5.41) is 0.912. The molecule has 0 fully saturated rings. The smallest absolute Gasteiger partial charge is 0.275 e. The Labute approximate surface area is 62.8 Å². The molecule has 11 heavy (non-hydrogen) atoms. The molecule has 2 nitrogen and oxygen atoms in total. The van der Waals surface area contributed by atoms with Gasteiger partial charge in [-0.15, -0.1) is 0 Å². The molecule has 1 amide bonds. The Morgan fingerprint density at radius 2 is 1.91 bits per heavy atom. The zero-order valence-corrected chi connectivity index (χ0v) is 6.33. The Morgan fingerprint density at radius 1 is 1.45 bits per heavy atom. The van der Waals surface area contributed by atoms with Gasteiger partial charge in [-0.3, -0.25) is 10.1 Å². The summed E-state index contributed by atoms with van der Waals surface area (Å²) in [7, 11) is 0. The van der Waals surface area contributed by atoms with E-state index in [1.807, 2.05) is 0 Å². The van der Waals surface area contributed by atoms with E-state index in [4.69, 9.17) is 0 Å². The molecule has 0 radical (unpaired) electrons. The van der Waals surface area contributed by atoms with Gasteiger partial charge in [0.15, 0.2) is 0 Å². The molecule has 0 saturated carbocycles. The van der Waals surface area contributed by atoms with Crippen LogP contribution in [0.5, 0.6) is 0 Å². The number of nitrogens with one attached hydrogen (secondary N) is 1. The Hall–Kier alpha value is -0.740. The van der Waals surface area contributed by atoms with Gasteiger partial charge in [0.05, 0.1) is 0 Å². The highest BCUT2D eigenvalue weighted by molar-refractivity contribution is 5.76. The topological polar surface area (TPSA) is 29.1 Å². The van der Waals surface area contributed by atoms with Crippen molar-refractivity contribution in [2.75, 3.05) is 0 Å². The number of halogens is 3. The molecule has 0 atom stereocenters. The van der Waals surface area contributed by atoms with Crippen molar-refractivity contribution >= 4 is 5.91 Å². The Bertz CT molecular complexity index is 141. The van der Waals surface area contributed by atoms with Crippen LogP contribution in [0.25, 0.3) is 0 Å². The van der Waals surface area contributed by atoms with Crippen molar-refractivity contribution < 1.29 is 18.0 Å². The second kappa shape index (κ2) is 3.59. The van der Waals surface area contributed by atoms with Crippen molar-refractivity contribution in [2.24, 2.45) is 5.92 Å². The molecule has 0 aromatic rings. The van der Waals surface area contributed by atoms with E-state index in [1.165, 1.54) is 0 Å². The Kier molecular flexibility index (Phi) is 3.35. The highest BCUT2D eigenvalue weighted by atomic mass is 19.4. The number of alkyl halides is 3. The van der Waals surface area contributed by atoms with Crippen LogP contribution < -0.4 is 5.32 Å². The summed E-state index contributed by atoms with van der Waals surface area (Å²) in [6.07, 6.45) is -4.69. The lowest BCUT2D eigenvalue weighted by molar-refractivity contribution is -0.170. The van der Waals surface area contributed by atoms with Crippen molar-refractivity contribution in [1.82, 2.24) is 5.32 Å². The molecule has 1 N–H and O–H groups in total. The predicted molar refractivity (Wildman–Crippen MR) is 33.7 cm³/mol. The van der Waals surface area contributed by atoms with Gasteiger partial charge in [-0.25, -0.2) is 0 Å². The van der Waals surface area contributed by atoms with Gasteiger partial charge in [0.2, 0.25) is 5.91 Å². The summed E-state index contributed by atoms with van der Waals surface area (Å²) >= 11 is 0. The van der Waals surface area contributed by atoms with Crippen LogP contribution in [0.1, 0.15) is 20.3 Å². The molecule has 0 rings (SSSR count). The zero-order chi connectivity index (χ0) is 9.07. The van der Waals surface area contributed by atoms with E-state index >= 15 is 0 Å². The van der Waals surface area contributed by atoms with Gasteiger partial charge in [-0.2, -0.15) is 13.2 Å². The summed E-state index contributed by atoms with van der Waals surface area (Å²) in [5.74, 6) is -1.04. The van der Waals surface area contributed by atoms with Gasteiger partial charge in [0.25, 0.3) is 0 Å². The van der Waals surface area contributed by atoms with Crippen LogP contribution in [0.2, 0.25) is 0 Å². The molecule has 0 aliphatic heterocycles. The second-order valence-corrected chi connectivity index (χ2v) is 2.64. The minimum Gasteiger partial charge on any atom is -0.275 e. The van der Waals surface area contributed by atoms with Crippen molar-refractivity contribution in [3.05, 3.63) is 0 Å². The van der Waals surface area contributed by atoms with Crippen molar-refractivity contribution in [3.63, 3.8) is 0 Å². The summed E-state index contributed by atoms with van der Waals surface area (Å²) in [6.45, 7) is 3.35. The fraction of sp³-hybridized carbons (Fsp3) is 0.833. The Balaban J connectivity index is 3.71. The molecule has 0 aromatic heterocycles. The van der Waals surface area contributed by atoms with Crippen molar-refractivity contribution in [2.45, 2.75) is 26.6 Å². The first kappa shape index (κ1) is 10.3. The fourth-order valence-electron chi connectivity index (χ4n) is 0.580. The van der Waals surface area contributed by atoms with Crippen molar-refractivity contribution in [3.8, 4) is 0 Å². The van der Waals surface area contributed by atoms with E-state index in [9.17, 15) is 18.0 Å². The van der Waals surface area contributed by atoms with Crippen LogP contribution >= 0.6 is 0 Å². The van der Waals surface area contributed by atoms with Gasteiger partial charge < -0.3 is 0 Å². The molecule has 0 saturated heterocycles. The molecule has 0 aliphatic rings. The first-order valence-electron chi connectivity index (χ1n) is 3.19. The second-order valence-electron chi connectivity index (χ2n) is 2.64. The van der Waals surface area contributed by atoms with Gasteiger partial charge in [0, 0.05) is 6.42 Å². The lowest BCUT2D eigenvalue weighted by atomic mass is 10.1. The normalized spacial score (nSPS) is 11.8. The number of carbonyl (C=O) groups is 1. The average molecular weight is 169 g/mol. The number of amides is 1. The Morgan fingerprint density at radius 3 is 2.18 bits per heavy atom. The summed E-state index contributed by atoms with van der Waals surface area (Å²) in [4.78, 5) is 10.4. The lowest BCUT2D eigenvalue weighted by Crippen LogP contribution is -2.37. The monoisotopic (exact) mass is 169 g/mol. The average Bonchev–Trinajstić information content (AvgIpc) is 1.53. The third kappa shape index (κ3) is 7.15.